The fourth-order valence-corrected chi connectivity index (χ4v) is 2.99. The van der Waals surface area contributed by atoms with Crippen LogP contribution in [0.5, 0.6) is 11.8 Å². The Morgan fingerprint density at radius 3 is 2.57 bits per heavy atom. The van der Waals surface area contributed by atoms with Gasteiger partial charge in [-0.05, 0) is 26.1 Å². The number of rotatable bonds is 3. The van der Waals surface area contributed by atoms with Crippen molar-refractivity contribution in [2.24, 2.45) is 12.1 Å². The van der Waals surface area contributed by atoms with Crippen LogP contribution in [0.3, 0.4) is 0 Å². The van der Waals surface area contributed by atoms with E-state index in [2.05, 4.69) is 11.7 Å². The van der Waals surface area contributed by atoms with Gasteiger partial charge in [-0.1, -0.05) is 23.9 Å². The molecule has 1 aliphatic heterocycles. The average molecular weight is 328 g/mol. The van der Waals surface area contributed by atoms with Gasteiger partial charge in [0.1, 0.15) is 0 Å². The van der Waals surface area contributed by atoms with Crippen LogP contribution in [0.4, 0.5) is 0 Å². The maximum absolute atomic E-state index is 12.1. The van der Waals surface area contributed by atoms with Crippen molar-refractivity contribution in [3.8, 4) is 11.8 Å². The van der Waals surface area contributed by atoms with Crippen LogP contribution < -0.4 is 0 Å². The lowest BCUT2D eigenvalue weighted by Gasteiger charge is -2.15. The minimum Gasteiger partial charge on any atom is -0.491 e. The molecular weight excluding hydrogens is 312 g/mol. The predicted octanol–water partition coefficient (Wildman–Crippen LogP) is 1.63. The van der Waals surface area contributed by atoms with Crippen molar-refractivity contribution in [1.82, 2.24) is 14.1 Å². The Morgan fingerprint density at radius 2 is 2.10 bits per heavy atom. The summed E-state index contributed by atoms with van der Waals surface area (Å²) in [5.74, 6) is -0.913. The average Bonchev–Trinajstić information content (AvgIpc) is 2.77. The maximum atomic E-state index is 12.1. The van der Waals surface area contributed by atoms with E-state index in [1.54, 1.807) is 6.92 Å². The topological polar surface area (TPSA) is 83.0 Å². The van der Waals surface area contributed by atoms with Crippen LogP contribution in [0.15, 0.2) is 17.3 Å². The van der Waals surface area contributed by atoms with Gasteiger partial charge >= 0.3 is 0 Å². The van der Waals surface area contributed by atoms with Crippen LogP contribution in [0, 0.1) is 4.77 Å². The number of aromatic hydroxyl groups is 2. The molecule has 1 atom stereocenters. The Balaban J connectivity index is 2.49. The van der Waals surface area contributed by atoms with E-state index in [1.165, 1.54) is 28.3 Å². The molecule has 1 fully saturated rings. The molecule has 0 aromatic carbocycles. The van der Waals surface area contributed by atoms with Gasteiger partial charge in [0.2, 0.25) is 10.7 Å². The van der Waals surface area contributed by atoms with E-state index in [0.717, 1.165) is 10.2 Å². The van der Waals surface area contributed by atoms with E-state index >= 15 is 0 Å². The SMILES string of the molecule is C=C(C)CN1C(=O)C(C)SC1=Nn1c(O)c(O)n(C)c1=S. The van der Waals surface area contributed by atoms with Crippen LogP contribution in [0.2, 0.25) is 0 Å². The highest BCUT2D eigenvalue weighted by atomic mass is 32.2. The number of hydrogen-bond donors (Lipinski definition) is 2. The Labute approximate surface area is 131 Å². The second-order valence-electron chi connectivity index (χ2n) is 4.82. The molecule has 0 saturated carbocycles. The molecule has 114 valence electrons. The molecule has 1 aromatic rings. The molecule has 2 rings (SSSR count). The molecule has 7 nitrogen and oxygen atoms in total. The molecule has 1 amide bonds. The minimum absolute atomic E-state index is 0.0760. The van der Waals surface area contributed by atoms with Crippen molar-refractivity contribution in [3.05, 3.63) is 16.9 Å². The van der Waals surface area contributed by atoms with Crippen molar-refractivity contribution in [1.29, 1.82) is 0 Å². The molecule has 1 unspecified atom stereocenters. The lowest BCUT2D eigenvalue weighted by atomic mass is 10.3. The van der Waals surface area contributed by atoms with E-state index < -0.39 is 5.88 Å². The van der Waals surface area contributed by atoms with Crippen molar-refractivity contribution in [2.75, 3.05) is 6.54 Å². The van der Waals surface area contributed by atoms with Gasteiger partial charge in [0.15, 0.2) is 5.17 Å². The number of carbonyl (C=O) groups excluding carboxylic acids is 1. The monoisotopic (exact) mass is 328 g/mol. The van der Waals surface area contributed by atoms with E-state index in [9.17, 15) is 15.0 Å². The summed E-state index contributed by atoms with van der Waals surface area (Å²) in [6.45, 7) is 7.74. The Bertz CT molecular complexity index is 704. The number of amides is 1. The van der Waals surface area contributed by atoms with E-state index in [-0.39, 0.29) is 21.8 Å². The van der Waals surface area contributed by atoms with Gasteiger partial charge in [-0.15, -0.1) is 5.10 Å². The molecule has 0 bridgehead atoms. The molecule has 1 saturated heterocycles. The van der Waals surface area contributed by atoms with Gasteiger partial charge in [0, 0.05) is 13.6 Å². The van der Waals surface area contributed by atoms with E-state index in [4.69, 9.17) is 12.2 Å². The summed E-state index contributed by atoms with van der Waals surface area (Å²) in [6.07, 6.45) is 0. The van der Waals surface area contributed by atoms with Crippen molar-refractivity contribution < 1.29 is 15.0 Å². The smallest absolute Gasteiger partial charge is 0.277 e. The third-order valence-electron chi connectivity index (χ3n) is 2.93. The zero-order chi connectivity index (χ0) is 15.9. The van der Waals surface area contributed by atoms with Crippen LogP contribution in [0.25, 0.3) is 0 Å². The molecule has 21 heavy (non-hydrogen) atoms. The molecule has 0 spiro atoms. The van der Waals surface area contributed by atoms with Crippen molar-refractivity contribution in [3.63, 3.8) is 0 Å². The molecule has 0 aliphatic carbocycles. The Hall–Kier alpha value is -1.74. The highest BCUT2D eigenvalue weighted by molar-refractivity contribution is 8.15. The van der Waals surface area contributed by atoms with Gasteiger partial charge in [-0.2, -0.15) is 4.68 Å². The number of imidazole rings is 1. The zero-order valence-corrected chi connectivity index (χ0v) is 13.5. The molecule has 2 heterocycles. The first-order valence-electron chi connectivity index (χ1n) is 6.15. The summed E-state index contributed by atoms with van der Waals surface area (Å²) in [7, 11) is 1.51. The molecule has 0 radical (unpaired) electrons. The first-order valence-corrected chi connectivity index (χ1v) is 7.44. The van der Waals surface area contributed by atoms with Gasteiger partial charge in [-0.25, -0.2) is 0 Å². The predicted molar refractivity (Wildman–Crippen MR) is 84.0 cm³/mol. The minimum atomic E-state index is -0.460. The van der Waals surface area contributed by atoms with Gasteiger partial charge in [0.25, 0.3) is 11.8 Å². The number of nitrogens with zero attached hydrogens (tertiary/aromatic N) is 4. The fraction of sp³-hybridized carbons (Fsp3) is 0.417. The van der Waals surface area contributed by atoms with E-state index in [1.807, 2.05) is 6.92 Å². The highest BCUT2D eigenvalue weighted by Crippen LogP contribution is 2.30. The third-order valence-corrected chi connectivity index (χ3v) is 4.44. The van der Waals surface area contributed by atoms with E-state index in [0.29, 0.717) is 11.7 Å². The molecular formula is C12H16N4O3S2. The summed E-state index contributed by atoms with van der Waals surface area (Å²) in [4.78, 5) is 13.6. The summed E-state index contributed by atoms with van der Waals surface area (Å²) in [5, 5.41) is 23.8. The Kier molecular flexibility index (Phi) is 4.15. The molecule has 9 heteroatoms. The third kappa shape index (κ3) is 2.70. The highest BCUT2D eigenvalue weighted by Gasteiger charge is 2.35. The van der Waals surface area contributed by atoms with Crippen LogP contribution in [-0.4, -0.2) is 47.2 Å². The summed E-state index contributed by atoms with van der Waals surface area (Å²) >= 11 is 6.36. The summed E-state index contributed by atoms with van der Waals surface area (Å²) in [5.41, 5.74) is 0.814. The van der Waals surface area contributed by atoms with Gasteiger partial charge in [-0.3, -0.25) is 14.3 Å². The lowest BCUT2D eigenvalue weighted by molar-refractivity contribution is -0.125. The molecule has 1 aliphatic rings. The number of aromatic nitrogens is 2. The van der Waals surface area contributed by atoms with Gasteiger partial charge < -0.3 is 10.2 Å². The normalized spacial score (nSPS) is 20.5. The Morgan fingerprint density at radius 1 is 1.48 bits per heavy atom. The molecule has 1 aromatic heterocycles. The number of carbonyl (C=O) groups is 1. The van der Waals surface area contributed by atoms with Crippen LogP contribution in [0.1, 0.15) is 13.8 Å². The quantitative estimate of drug-likeness (QED) is 0.651. The largest absolute Gasteiger partial charge is 0.491 e. The molecule has 2 N–H and O–H groups in total. The second-order valence-corrected chi connectivity index (χ2v) is 6.50. The first kappa shape index (κ1) is 15.6. The number of amidine groups is 1. The van der Waals surface area contributed by atoms with Crippen LogP contribution in [-0.2, 0) is 11.8 Å². The first-order chi connectivity index (χ1) is 9.73. The fourth-order valence-electron chi connectivity index (χ4n) is 1.82. The standard InChI is InChI=1S/C12H16N4O3S2/c1-6(2)5-15-8(17)7(3)21-11(15)13-16-10(19)9(18)14(4)12(16)20/h7,18-19H,1,5H2,2-4H3. The lowest BCUT2D eigenvalue weighted by Crippen LogP contribution is -2.33. The van der Waals surface area contributed by atoms with Gasteiger partial charge in [0.05, 0.1) is 5.25 Å². The van der Waals surface area contributed by atoms with Crippen molar-refractivity contribution >= 4 is 35.1 Å². The zero-order valence-electron chi connectivity index (χ0n) is 11.9. The van der Waals surface area contributed by atoms with Crippen molar-refractivity contribution in [2.45, 2.75) is 19.1 Å². The number of hydrogen-bond acceptors (Lipinski definition) is 6. The summed E-state index contributed by atoms with van der Waals surface area (Å²) in [6, 6.07) is 0. The maximum Gasteiger partial charge on any atom is 0.277 e. The summed E-state index contributed by atoms with van der Waals surface area (Å²) < 4.78 is 2.38. The second kappa shape index (κ2) is 5.57. The number of thioether (sulfide) groups is 1. The van der Waals surface area contributed by atoms with Crippen LogP contribution >= 0.6 is 24.0 Å².